The number of nitrogens with zero attached hydrogens (tertiary/aromatic N) is 3. The number of rotatable bonds is 10. The molecule has 0 amide bonds. The first-order chi connectivity index (χ1) is 22.1. The number of nitro benzene ring substituents is 2. The van der Waals surface area contributed by atoms with Crippen molar-refractivity contribution in [1.29, 1.82) is 0 Å². The highest BCUT2D eigenvalue weighted by Crippen LogP contribution is 2.55. The third-order valence-electron chi connectivity index (χ3n) is 8.77. The van der Waals surface area contributed by atoms with Crippen molar-refractivity contribution in [2.24, 2.45) is 10.8 Å². The van der Waals surface area contributed by atoms with Gasteiger partial charge in [0.25, 0.3) is 5.69 Å². The van der Waals surface area contributed by atoms with Crippen LogP contribution < -0.4 is 9.47 Å². The summed E-state index contributed by atoms with van der Waals surface area (Å²) in [6.45, 7) is 11.1. The molecule has 0 spiro atoms. The van der Waals surface area contributed by atoms with Gasteiger partial charge in [0.2, 0.25) is 5.75 Å². The van der Waals surface area contributed by atoms with E-state index in [1.165, 1.54) is 0 Å². The van der Waals surface area contributed by atoms with Crippen LogP contribution in [0.2, 0.25) is 5.02 Å². The van der Waals surface area contributed by atoms with Gasteiger partial charge in [0.05, 0.1) is 34.1 Å². The highest BCUT2D eigenvalue weighted by atomic mass is 35.5. The van der Waals surface area contributed by atoms with Crippen LogP contribution in [0, 0.1) is 31.1 Å². The summed E-state index contributed by atoms with van der Waals surface area (Å²) in [7, 11) is 1.62. The molecule has 250 valence electrons. The van der Waals surface area contributed by atoms with Crippen LogP contribution in [0.3, 0.4) is 0 Å². The van der Waals surface area contributed by atoms with E-state index in [1.54, 1.807) is 26.2 Å². The highest BCUT2D eigenvalue weighted by Gasteiger charge is 2.49. The number of carbonyl (C=O) groups excluding carboxylic acids is 2. The van der Waals surface area contributed by atoms with E-state index in [1.807, 2.05) is 0 Å². The van der Waals surface area contributed by atoms with Gasteiger partial charge in [-0.05, 0) is 54.4 Å². The second-order valence-corrected chi connectivity index (χ2v) is 14.1. The molecular weight excluding hydrogens is 630 g/mol. The molecule has 2 aromatic carbocycles. The molecule has 13 heteroatoms. The Labute approximate surface area is 277 Å². The second-order valence-electron chi connectivity index (χ2n) is 13.7. The fourth-order valence-corrected chi connectivity index (χ4v) is 7.17. The lowest BCUT2D eigenvalue weighted by Gasteiger charge is -2.49. The van der Waals surface area contributed by atoms with Crippen molar-refractivity contribution in [3.63, 3.8) is 0 Å². The zero-order chi connectivity index (χ0) is 34.4. The smallest absolute Gasteiger partial charge is 0.318 e. The molecule has 3 aliphatic rings. The molecule has 0 N–H and O–H groups in total. The van der Waals surface area contributed by atoms with Crippen LogP contribution in [-0.4, -0.2) is 53.2 Å². The predicted octanol–water partition coefficient (Wildman–Crippen LogP) is 7.68. The van der Waals surface area contributed by atoms with Gasteiger partial charge in [-0.15, -0.1) is 0 Å². The third kappa shape index (κ3) is 6.62. The van der Waals surface area contributed by atoms with Crippen LogP contribution >= 0.6 is 11.6 Å². The molecule has 0 saturated heterocycles. The minimum absolute atomic E-state index is 0.0249. The first-order valence-electron chi connectivity index (χ1n) is 15.4. The first-order valence-corrected chi connectivity index (χ1v) is 15.8. The highest BCUT2D eigenvalue weighted by molar-refractivity contribution is 6.32. The molecule has 47 heavy (non-hydrogen) atoms. The maximum absolute atomic E-state index is 14.1. The molecule has 0 unspecified atom stereocenters. The number of hydrogen-bond donors (Lipinski definition) is 0. The number of halogens is 1. The molecule has 0 fully saturated rings. The Balaban J connectivity index is 1.71. The Morgan fingerprint density at radius 2 is 1.49 bits per heavy atom. The first kappa shape index (κ1) is 34.1. The van der Waals surface area contributed by atoms with Crippen LogP contribution in [0.15, 0.2) is 52.9 Å². The second kappa shape index (κ2) is 12.7. The summed E-state index contributed by atoms with van der Waals surface area (Å²) in [5, 5.41) is 23.1. The van der Waals surface area contributed by atoms with E-state index < -0.39 is 27.1 Å². The van der Waals surface area contributed by atoms with Crippen LogP contribution in [0.25, 0.3) is 0 Å². The number of Topliss-reactive ketones (excluding diaryl/α,β-unsaturated/α-hetero) is 2. The summed E-state index contributed by atoms with van der Waals surface area (Å²) in [4.78, 5) is 51.8. The SMILES string of the molecule is CCOc1cc(C2C3=C(CC(C)(C)CC3=O)N(CCOC)C3=C2C(=O)CC(C)(C)C3)cc(Cl)c1Oc1ccc([N+](=O)[O-])cc1[N+](=O)[O-]. The minimum Gasteiger partial charge on any atom is -0.490 e. The molecule has 2 aromatic rings. The number of nitro groups is 2. The molecular formula is C34H38ClN3O9. The zero-order valence-corrected chi connectivity index (χ0v) is 28.1. The number of benzene rings is 2. The Kier molecular flexibility index (Phi) is 9.22. The standard InChI is InChI=1S/C34H38ClN3O9/c1-7-46-28-13-19(12-21(35)32(28)47-27-9-8-20(37(41)42)14-22(27)38(43)44)29-30-23(15-33(2,3)17-25(30)39)36(10-11-45-6)24-16-34(4,5)18-26(40)31(24)29/h8-9,12-14,29H,7,10-11,15-18H2,1-6H3. The Morgan fingerprint density at radius 1 is 0.894 bits per heavy atom. The molecule has 0 bridgehead atoms. The van der Waals surface area contributed by atoms with Crippen molar-refractivity contribution in [3.05, 3.63) is 83.7 Å². The van der Waals surface area contributed by atoms with Crippen LogP contribution in [-0.2, 0) is 14.3 Å². The minimum atomic E-state index is -0.781. The van der Waals surface area contributed by atoms with Gasteiger partial charge < -0.3 is 19.1 Å². The van der Waals surface area contributed by atoms with Crippen molar-refractivity contribution in [2.75, 3.05) is 26.9 Å². The predicted molar refractivity (Wildman–Crippen MR) is 174 cm³/mol. The molecule has 0 aromatic heterocycles. The van der Waals surface area contributed by atoms with Gasteiger partial charge in [0, 0.05) is 61.0 Å². The lowest BCUT2D eigenvalue weighted by atomic mass is 9.63. The van der Waals surface area contributed by atoms with E-state index >= 15 is 0 Å². The number of non-ortho nitro benzene ring substituents is 1. The Hall–Kier alpha value is -4.29. The van der Waals surface area contributed by atoms with Crippen molar-refractivity contribution in [1.82, 2.24) is 4.90 Å². The van der Waals surface area contributed by atoms with Gasteiger partial charge in [-0.1, -0.05) is 39.3 Å². The molecule has 0 atom stereocenters. The molecule has 5 rings (SSSR count). The average molecular weight is 668 g/mol. The van der Waals surface area contributed by atoms with Gasteiger partial charge in [-0.3, -0.25) is 29.8 Å². The quantitative estimate of drug-likeness (QED) is 0.182. The third-order valence-corrected chi connectivity index (χ3v) is 9.05. The molecule has 2 aliphatic carbocycles. The van der Waals surface area contributed by atoms with Crippen molar-refractivity contribution in [2.45, 2.75) is 66.2 Å². The van der Waals surface area contributed by atoms with Crippen LogP contribution in [0.1, 0.15) is 71.8 Å². The fourth-order valence-electron chi connectivity index (χ4n) is 6.91. The molecule has 0 saturated carbocycles. The van der Waals surface area contributed by atoms with Crippen molar-refractivity contribution >= 4 is 34.5 Å². The van der Waals surface area contributed by atoms with E-state index in [9.17, 15) is 29.8 Å². The number of methoxy groups -OCH3 is 1. The number of hydrogen-bond acceptors (Lipinski definition) is 10. The summed E-state index contributed by atoms with van der Waals surface area (Å²) < 4.78 is 17.3. The summed E-state index contributed by atoms with van der Waals surface area (Å²) >= 11 is 6.85. The van der Waals surface area contributed by atoms with Gasteiger partial charge in [0.15, 0.2) is 23.1 Å². The number of allylic oxidation sites excluding steroid dienone is 4. The summed E-state index contributed by atoms with van der Waals surface area (Å²) in [5.41, 5.74) is 1.68. The number of ether oxygens (including phenoxy) is 3. The Morgan fingerprint density at radius 3 is 2.00 bits per heavy atom. The van der Waals surface area contributed by atoms with Gasteiger partial charge >= 0.3 is 5.69 Å². The van der Waals surface area contributed by atoms with E-state index in [4.69, 9.17) is 25.8 Å². The fraction of sp³-hybridized carbons (Fsp3) is 0.471. The molecule has 0 radical (unpaired) electrons. The average Bonchev–Trinajstić information content (AvgIpc) is 2.96. The van der Waals surface area contributed by atoms with Gasteiger partial charge in [-0.2, -0.15) is 0 Å². The van der Waals surface area contributed by atoms with Crippen LogP contribution in [0.4, 0.5) is 11.4 Å². The number of ketones is 2. The largest absolute Gasteiger partial charge is 0.490 e. The summed E-state index contributed by atoms with van der Waals surface area (Å²) in [5.74, 6) is -0.992. The van der Waals surface area contributed by atoms with E-state index in [0.29, 0.717) is 55.5 Å². The lowest BCUT2D eigenvalue weighted by Crippen LogP contribution is -2.45. The van der Waals surface area contributed by atoms with E-state index in [2.05, 4.69) is 32.6 Å². The molecule has 1 heterocycles. The number of carbonyl (C=O) groups is 2. The lowest BCUT2D eigenvalue weighted by molar-refractivity contribution is -0.394. The van der Waals surface area contributed by atoms with Gasteiger partial charge in [0.1, 0.15) is 0 Å². The van der Waals surface area contributed by atoms with Crippen molar-refractivity contribution in [3.8, 4) is 17.2 Å². The van der Waals surface area contributed by atoms with E-state index in [-0.39, 0.29) is 51.3 Å². The maximum Gasteiger partial charge on any atom is 0.318 e. The zero-order valence-electron chi connectivity index (χ0n) is 27.3. The topological polar surface area (TPSA) is 151 Å². The van der Waals surface area contributed by atoms with E-state index in [0.717, 1.165) is 29.6 Å². The van der Waals surface area contributed by atoms with Crippen molar-refractivity contribution < 1.29 is 33.6 Å². The van der Waals surface area contributed by atoms with Crippen LogP contribution in [0.5, 0.6) is 17.2 Å². The summed E-state index contributed by atoms with van der Waals surface area (Å²) in [6, 6.07) is 6.29. The molecule has 1 aliphatic heterocycles. The Bertz CT molecular complexity index is 1690. The molecule has 12 nitrogen and oxygen atoms in total. The maximum atomic E-state index is 14.1. The van der Waals surface area contributed by atoms with Gasteiger partial charge in [-0.25, -0.2) is 0 Å². The monoisotopic (exact) mass is 667 g/mol. The summed E-state index contributed by atoms with van der Waals surface area (Å²) in [6.07, 6.45) is 1.85. The normalized spacial score (nSPS) is 19.0.